The van der Waals surface area contributed by atoms with Crippen molar-refractivity contribution in [2.45, 2.75) is 37.9 Å². The van der Waals surface area contributed by atoms with Gasteiger partial charge in [0, 0.05) is 5.54 Å². The van der Waals surface area contributed by atoms with E-state index in [4.69, 9.17) is 5.73 Å². The van der Waals surface area contributed by atoms with Gasteiger partial charge in [0.25, 0.3) is 0 Å². The highest BCUT2D eigenvalue weighted by Gasteiger charge is 2.51. The van der Waals surface area contributed by atoms with Crippen molar-refractivity contribution < 1.29 is 13.2 Å². The maximum Gasteiger partial charge on any atom is 0.416 e. The zero-order chi connectivity index (χ0) is 12.7. The zero-order valence-electron chi connectivity index (χ0n) is 9.72. The highest BCUT2D eigenvalue weighted by atomic mass is 19.4. The summed E-state index contributed by atoms with van der Waals surface area (Å²) in [6, 6.07) is 5.42. The molecule has 0 bridgehead atoms. The van der Waals surface area contributed by atoms with Crippen LogP contribution in [0.15, 0.2) is 24.3 Å². The summed E-state index contributed by atoms with van der Waals surface area (Å²) in [7, 11) is 0. The van der Waals surface area contributed by atoms with E-state index in [0.29, 0.717) is 11.5 Å². The van der Waals surface area contributed by atoms with E-state index in [1.54, 1.807) is 6.07 Å². The molecule has 0 aliphatic heterocycles. The van der Waals surface area contributed by atoms with Crippen LogP contribution in [0.1, 0.15) is 37.3 Å². The van der Waals surface area contributed by atoms with Gasteiger partial charge in [-0.25, -0.2) is 0 Å². The van der Waals surface area contributed by atoms with Crippen molar-refractivity contribution in [3.8, 4) is 0 Å². The van der Waals surface area contributed by atoms with Crippen LogP contribution in [0.25, 0.3) is 0 Å². The Morgan fingerprint density at radius 1 is 1.41 bits per heavy atom. The molecule has 1 saturated carbocycles. The van der Waals surface area contributed by atoms with Gasteiger partial charge in [-0.05, 0) is 36.5 Å². The van der Waals surface area contributed by atoms with Gasteiger partial charge in [0.15, 0.2) is 0 Å². The molecule has 1 aromatic rings. The van der Waals surface area contributed by atoms with Crippen LogP contribution in [0.3, 0.4) is 0 Å². The fourth-order valence-corrected chi connectivity index (χ4v) is 2.40. The molecular formula is C13H16F3N. The van der Waals surface area contributed by atoms with Crippen molar-refractivity contribution in [3.05, 3.63) is 35.4 Å². The molecule has 4 heteroatoms. The molecule has 0 radical (unpaired) electrons. The van der Waals surface area contributed by atoms with E-state index in [1.807, 2.05) is 0 Å². The van der Waals surface area contributed by atoms with Crippen LogP contribution in [0.4, 0.5) is 13.2 Å². The third-order valence-electron chi connectivity index (χ3n) is 3.52. The highest BCUT2D eigenvalue weighted by molar-refractivity contribution is 5.36. The third-order valence-corrected chi connectivity index (χ3v) is 3.52. The zero-order valence-corrected chi connectivity index (χ0v) is 9.72. The Kier molecular flexibility index (Phi) is 2.94. The molecule has 2 unspecified atom stereocenters. The van der Waals surface area contributed by atoms with Crippen molar-refractivity contribution in [2.75, 3.05) is 0 Å². The van der Waals surface area contributed by atoms with Crippen LogP contribution in [0.2, 0.25) is 0 Å². The molecule has 0 saturated heterocycles. The third kappa shape index (κ3) is 2.32. The quantitative estimate of drug-likeness (QED) is 0.861. The predicted molar refractivity (Wildman–Crippen MR) is 60.3 cm³/mol. The average Bonchev–Trinajstić information content (AvgIpc) is 2.91. The molecule has 94 valence electrons. The second-order valence-corrected chi connectivity index (χ2v) is 4.81. The van der Waals surface area contributed by atoms with Gasteiger partial charge in [0.1, 0.15) is 0 Å². The van der Waals surface area contributed by atoms with Crippen molar-refractivity contribution in [1.29, 1.82) is 0 Å². The lowest BCUT2D eigenvalue weighted by molar-refractivity contribution is -0.137. The van der Waals surface area contributed by atoms with Crippen molar-refractivity contribution in [3.63, 3.8) is 0 Å². The highest BCUT2D eigenvalue weighted by Crippen LogP contribution is 2.52. The first-order chi connectivity index (χ1) is 7.88. The normalized spacial score (nSPS) is 28.2. The average molecular weight is 243 g/mol. The van der Waals surface area contributed by atoms with Crippen molar-refractivity contribution in [1.82, 2.24) is 0 Å². The number of hydrogen-bond donors (Lipinski definition) is 1. The van der Waals surface area contributed by atoms with Gasteiger partial charge < -0.3 is 5.73 Å². The Hall–Kier alpha value is -1.03. The summed E-state index contributed by atoms with van der Waals surface area (Å²) < 4.78 is 37.7. The number of halogens is 3. The molecule has 0 amide bonds. The van der Waals surface area contributed by atoms with Gasteiger partial charge in [0.05, 0.1) is 5.56 Å². The van der Waals surface area contributed by atoms with Crippen LogP contribution in [0.5, 0.6) is 0 Å². The van der Waals surface area contributed by atoms with Crippen LogP contribution in [0, 0.1) is 5.92 Å². The van der Waals surface area contributed by atoms with Crippen molar-refractivity contribution >= 4 is 0 Å². The minimum absolute atomic E-state index is 0.330. The fourth-order valence-electron chi connectivity index (χ4n) is 2.40. The van der Waals surface area contributed by atoms with Crippen molar-refractivity contribution in [2.24, 2.45) is 11.7 Å². The number of nitrogens with two attached hydrogens (primary N) is 1. The maximum absolute atomic E-state index is 12.6. The van der Waals surface area contributed by atoms with Crippen LogP contribution >= 0.6 is 0 Å². The molecule has 1 fully saturated rings. The van der Waals surface area contributed by atoms with Gasteiger partial charge >= 0.3 is 6.18 Å². The van der Waals surface area contributed by atoms with Crippen LogP contribution in [-0.4, -0.2) is 0 Å². The Bertz CT molecular complexity index is 413. The lowest BCUT2D eigenvalue weighted by Gasteiger charge is -2.14. The summed E-state index contributed by atoms with van der Waals surface area (Å²) in [5.74, 6) is 0.330. The molecule has 2 rings (SSSR count). The summed E-state index contributed by atoms with van der Waals surface area (Å²) in [5.41, 5.74) is 5.62. The first kappa shape index (κ1) is 12.4. The number of alkyl halides is 3. The molecule has 1 aliphatic rings. The molecule has 0 heterocycles. The van der Waals surface area contributed by atoms with Crippen LogP contribution < -0.4 is 5.73 Å². The van der Waals surface area contributed by atoms with Crippen LogP contribution in [-0.2, 0) is 11.7 Å². The van der Waals surface area contributed by atoms with E-state index >= 15 is 0 Å². The molecule has 0 aromatic heterocycles. The van der Waals surface area contributed by atoms with Gasteiger partial charge in [-0.15, -0.1) is 0 Å². The maximum atomic E-state index is 12.6. The molecule has 2 atom stereocenters. The summed E-state index contributed by atoms with van der Waals surface area (Å²) in [5, 5.41) is 0. The predicted octanol–water partition coefficient (Wildman–Crippen LogP) is 3.68. The summed E-state index contributed by atoms with van der Waals surface area (Å²) in [6.07, 6.45) is -1.50. The Labute approximate surface area is 98.8 Å². The van der Waals surface area contributed by atoms with Gasteiger partial charge in [0.2, 0.25) is 0 Å². The Morgan fingerprint density at radius 3 is 2.71 bits per heavy atom. The second kappa shape index (κ2) is 4.02. The molecule has 1 aliphatic carbocycles. The molecule has 1 aromatic carbocycles. The van der Waals surface area contributed by atoms with E-state index in [-0.39, 0.29) is 0 Å². The first-order valence-electron chi connectivity index (χ1n) is 5.84. The molecular weight excluding hydrogens is 227 g/mol. The van der Waals surface area contributed by atoms with Gasteiger partial charge in [-0.1, -0.05) is 25.5 Å². The SMILES string of the molecule is CCCC1CC1(N)c1cccc(C(F)(F)F)c1. The van der Waals surface area contributed by atoms with Gasteiger partial charge in [-0.3, -0.25) is 0 Å². The largest absolute Gasteiger partial charge is 0.416 e. The molecule has 17 heavy (non-hydrogen) atoms. The second-order valence-electron chi connectivity index (χ2n) is 4.81. The number of benzene rings is 1. The number of rotatable bonds is 3. The van der Waals surface area contributed by atoms with E-state index in [0.717, 1.165) is 25.3 Å². The van der Waals surface area contributed by atoms with E-state index in [1.165, 1.54) is 12.1 Å². The molecule has 1 nitrogen and oxygen atoms in total. The topological polar surface area (TPSA) is 26.0 Å². The number of hydrogen-bond acceptors (Lipinski definition) is 1. The Morgan fingerprint density at radius 2 is 2.12 bits per heavy atom. The summed E-state index contributed by atoms with van der Waals surface area (Å²) in [4.78, 5) is 0. The van der Waals surface area contributed by atoms with E-state index < -0.39 is 17.3 Å². The summed E-state index contributed by atoms with van der Waals surface area (Å²) >= 11 is 0. The van der Waals surface area contributed by atoms with Gasteiger partial charge in [-0.2, -0.15) is 13.2 Å². The fraction of sp³-hybridized carbons (Fsp3) is 0.538. The minimum Gasteiger partial charge on any atom is -0.321 e. The standard InChI is InChI=1S/C13H16F3N/c1-2-4-11-8-12(11,17)9-5-3-6-10(7-9)13(14,15)16/h3,5-7,11H,2,4,8,17H2,1H3. The van der Waals surface area contributed by atoms with E-state index in [9.17, 15) is 13.2 Å². The lowest BCUT2D eigenvalue weighted by Crippen LogP contribution is -2.23. The Balaban J connectivity index is 2.24. The summed E-state index contributed by atoms with van der Waals surface area (Å²) in [6.45, 7) is 2.06. The molecule has 2 N–H and O–H groups in total. The van der Waals surface area contributed by atoms with E-state index in [2.05, 4.69) is 6.92 Å². The molecule has 0 spiro atoms. The lowest BCUT2D eigenvalue weighted by atomic mass is 9.99. The first-order valence-corrected chi connectivity index (χ1v) is 5.84. The minimum atomic E-state index is -4.29. The smallest absolute Gasteiger partial charge is 0.321 e. The monoisotopic (exact) mass is 243 g/mol.